The lowest BCUT2D eigenvalue weighted by Crippen LogP contribution is -2.20. The van der Waals surface area contributed by atoms with E-state index in [0.717, 1.165) is 12.2 Å². The fourth-order valence-corrected chi connectivity index (χ4v) is 0. The van der Waals surface area contributed by atoms with Gasteiger partial charge in [0.25, 0.3) is 0 Å². The van der Waals surface area contributed by atoms with E-state index in [9.17, 15) is 0 Å². The van der Waals surface area contributed by atoms with Crippen molar-refractivity contribution in [1.82, 2.24) is 0 Å². The monoisotopic (exact) mass is 145 g/mol. The van der Waals surface area contributed by atoms with Crippen LogP contribution in [0, 0.1) is 16.2 Å². The van der Waals surface area contributed by atoms with E-state index in [-0.39, 0.29) is 5.96 Å². The molecule has 0 atom stereocenters. The molecular weight excluding hydrogens is 138 g/mol. The van der Waals surface area contributed by atoms with Crippen LogP contribution in [0.1, 0.15) is 0 Å². The Morgan fingerprint density at radius 1 is 1.10 bits per heavy atom. The van der Waals surface area contributed by atoms with Crippen molar-refractivity contribution in [3.63, 3.8) is 0 Å². The van der Waals surface area contributed by atoms with E-state index in [2.05, 4.69) is 11.5 Å². The van der Waals surface area contributed by atoms with Crippen LogP contribution in [0.3, 0.4) is 0 Å². The first-order valence-corrected chi connectivity index (χ1v) is 1.74. The molecule has 7 nitrogen and oxygen atoms in total. The highest BCUT2D eigenvalue weighted by molar-refractivity contribution is 5.71. The molecule has 0 saturated heterocycles. The quantitative estimate of drug-likeness (QED) is 0.162. The Hall–Kier alpha value is -1.97. The Morgan fingerprint density at radius 2 is 1.10 bits per heavy atom. The first-order valence-electron chi connectivity index (χ1n) is 1.74. The summed E-state index contributed by atoms with van der Waals surface area (Å²) in [5, 5.41) is 16.9. The maximum Gasteiger partial charge on any atom is 0.231 e. The number of carbonyl (C=O) groups excluding carboxylic acids is 2. The molecule has 0 bridgehead atoms. The number of nitrogens with two attached hydrogens (primary N) is 2. The van der Waals surface area contributed by atoms with Crippen LogP contribution in [0.4, 0.5) is 0 Å². The van der Waals surface area contributed by atoms with Gasteiger partial charge in [0.2, 0.25) is 12.2 Å². The summed E-state index contributed by atoms with van der Waals surface area (Å²) in [6.45, 7) is 0. The van der Waals surface area contributed by atoms with Crippen LogP contribution in [0.15, 0.2) is 0 Å². The van der Waals surface area contributed by atoms with Gasteiger partial charge < -0.3 is 11.5 Å². The molecule has 10 heavy (non-hydrogen) atoms. The molecule has 56 valence electrons. The van der Waals surface area contributed by atoms with Crippen LogP contribution in [0.25, 0.3) is 0 Å². The highest BCUT2D eigenvalue weighted by Crippen LogP contribution is 1.13. The minimum Gasteiger partial charge on any atom is -0.370 e. The van der Waals surface area contributed by atoms with E-state index in [1.54, 1.807) is 0 Å². The number of guanidine groups is 1. The molecule has 7 heteroatoms. The lowest BCUT2D eigenvalue weighted by atomic mass is 11.1. The molecule has 0 amide bonds. The van der Waals surface area contributed by atoms with Crippen LogP contribution < -0.4 is 11.5 Å². The zero-order valence-corrected chi connectivity index (χ0v) is 4.97. The minimum atomic E-state index is -0.333. The van der Waals surface area contributed by atoms with Gasteiger partial charge >= 0.3 is 0 Å². The number of hydrogen-bond donors (Lipinski definition) is 5. The van der Waals surface area contributed by atoms with Gasteiger partial charge in [0.15, 0.2) is 5.96 Å². The number of rotatable bonds is 0. The first-order chi connectivity index (χ1) is 4.56. The number of nitrogens with one attached hydrogen (secondary N) is 3. The fourth-order valence-electron chi connectivity index (χ4n) is 0. The summed E-state index contributed by atoms with van der Waals surface area (Å²) in [5.41, 5.74) is 8.94. The number of hydrogen-bond acceptors (Lipinski definition) is 5. The molecule has 0 aliphatic carbocycles. The van der Waals surface area contributed by atoms with E-state index in [1.165, 1.54) is 0 Å². The topological polar surface area (TPSA) is 158 Å². The Balaban J connectivity index is -0.0000000750. The lowest BCUT2D eigenvalue weighted by molar-refractivity contribution is 0.562. The van der Waals surface area contributed by atoms with Gasteiger partial charge in [-0.25, -0.2) is 20.4 Å². The lowest BCUT2D eigenvalue weighted by Gasteiger charge is -1.69. The van der Waals surface area contributed by atoms with Gasteiger partial charge in [-0.3, -0.25) is 5.41 Å². The Bertz CT molecular complexity index is 125. The second-order valence-electron chi connectivity index (χ2n) is 0.659. The van der Waals surface area contributed by atoms with E-state index < -0.39 is 0 Å². The van der Waals surface area contributed by atoms with Crippen molar-refractivity contribution < 1.29 is 9.59 Å². The third-order valence-electron chi connectivity index (χ3n) is 0. The average molecular weight is 145 g/mol. The van der Waals surface area contributed by atoms with Crippen LogP contribution >= 0.6 is 0 Å². The fraction of sp³-hybridized carbons (Fsp3) is 0. The summed E-state index contributed by atoms with van der Waals surface area (Å²) in [4.78, 5) is 16.7. The molecular formula is C3H7N5O2. The highest BCUT2D eigenvalue weighted by Gasteiger charge is 1.52. The van der Waals surface area contributed by atoms with Crippen molar-refractivity contribution in [2.24, 2.45) is 11.5 Å². The summed E-state index contributed by atoms with van der Waals surface area (Å²) in [6.07, 6.45) is 1.50. The van der Waals surface area contributed by atoms with Crippen molar-refractivity contribution >= 4 is 18.1 Å². The van der Waals surface area contributed by atoms with Crippen molar-refractivity contribution in [3.05, 3.63) is 0 Å². The van der Waals surface area contributed by atoms with Crippen LogP contribution in [0.2, 0.25) is 0 Å². The van der Waals surface area contributed by atoms with Crippen molar-refractivity contribution in [3.8, 4) is 0 Å². The molecule has 0 spiro atoms. The summed E-state index contributed by atoms with van der Waals surface area (Å²) in [7, 11) is 0. The second kappa shape index (κ2) is 27.8. The molecule has 0 aromatic carbocycles. The number of isocyanates is 2. The van der Waals surface area contributed by atoms with Crippen molar-refractivity contribution in [2.75, 3.05) is 0 Å². The molecule has 0 fully saturated rings. The molecule has 0 aliphatic rings. The maximum atomic E-state index is 8.35. The van der Waals surface area contributed by atoms with Gasteiger partial charge in [-0.1, -0.05) is 0 Å². The minimum absolute atomic E-state index is 0.333. The van der Waals surface area contributed by atoms with Gasteiger partial charge in [-0.2, -0.15) is 0 Å². The predicted molar refractivity (Wildman–Crippen MR) is 32.9 cm³/mol. The normalized spacial score (nSPS) is 4.00. The first kappa shape index (κ1) is 15.7. The molecule has 0 aromatic rings. The zero-order chi connectivity index (χ0) is 8.99. The molecule has 0 radical (unpaired) electrons. The van der Waals surface area contributed by atoms with E-state index in [0.29, 0.717) is 0 Å². The summed E-state index contributed by atoms with van der Waals surface area (Å²) in [6, 6.07) is 0. The van der Waals surface area contributed by atoms with Gasteiger partial charge in [-0.05, 0) is 0 Å². The maximum absolute atomic E-state index is 8.35. The largest absolute Gasteiger partial charge is 0.370 e. The van der Waals surface area contributed by atoms with Crippen LogP contribution in [0.5, 0.6) is 0 Å². The highest BCUT2D eigenvalue weighted by atomic mass is 16.1. The molecule has 0 rings (SSSR count). The van der Waals surface area contributed by atoms with Crippen LogP contribution in [-0.4, -0.2) is 18.1 Å². The molecule has 0 aromatic heterocycles. The van der Waals surface area contributed by atoms with E-state index in [1.807, 2.05) is 0 Å². The summed E-state index contributed by atoms with van der Waals surface area (Å²) in [5.74, 6) is -0.333. The van der Waals surface area contributed by atoms with Crippen molar-refractivity contribution in [1.29, 1.82) is 16.2 Å². The Labute approximate surface area is 56.5 Å². The Morgan fingerprint density at radius 3 is 1.10 bits per heavy atom. The predicted octanol–water partition coefficient (Wildman–Crippen LogP) is -1.36. The van der Waals surface area contributed by atoms with Crippen LogP contribution in [-0.2, 0) is 9.59 Å². The zero-order valence-electron chi connectivity index (χ0n) is 4.97. The third kappa shape index (κ3) is 39.3. The molecule has 7 N–H and O–H groups in total. The van der Waals surface area contributed by atoms with Crippen molar-refractivity contribution in [2.45, 2.75) is 0 Å². The van der Waals surface area contributed by atoms with Gasteiger partial charge in [0.1, 0.15) is 0 Å². The van der Waals surface area contributed by atoms with E-state index in [4.69, 9.17) is 25.8 Å². The SMILES string of the molecule is N=C(N)N.N=C=O.N=C=O. The third-order valence-corrected chi connectivity index (χ3v) is 0. The van der Waals surface area contributed by atoms with Gasteiger partial charge in [0.05, 0.1) is 0 Å². The second-order valence-corrected chi connectivity index (χ2v) is 0.659. The molecule has 0 saturated carbocycles. The molecule has 0 unspecified atom stereocenters. The standard InChI is InChI=1S/CH5N3.2CHNO/c2-1(3)4;2*2-1-3/h(H5,2,3,4);2*2H. The summed E-state index contributed by atoms with van der Waals surface area (Å²) < 4.78 is 0. The molecule has 0 aliphatic heterocycles. The Kier molecular flexibility index (Phi) is 43.7. The molecule has 0 heterocycles. The average Bonchev–Trinajstić information content (AvgIpc) is 1.65. The smallest absolute Gasteiger partial charge is 0.231 e. The summed E-state index contributed by atoms with van der Waals surface area (Å²) >= 11 is 0. The van der Waals surface area contributed by atoms with E-state index >= 15 is 0 Å². The van der Waals surface area contributed by atoms with Gasteiger partial charge in [0, 0.05) is 0 Å². The van der Waals surface area contributed by atoms with Gasteiger partial charge in [-0.15, -0.1) is 0 Å².